The maximum absolute atomic E-state index is 13.6. The molecule has 0 saturated heterocycles. The second-order valence-corrected chi connectivity index (χ2v) is 8.62. The molecule has 0 aliphatic heterocycles. The highest BCUT2D eigenvalue weighted by atomic mass is 35.5. The molecule has 0 spiro atoms. The van der Waals surface area contributed by atoms with Gasteiger partial charge in [-0.3, -0.25) is 9.10 Å². The Kier molecular flexibility index (Phi) is 6.20. The fourth-order valence-electron chi connectivity index (χ4n) is 2.76. The van der Waals surface area contributed by atoms with Crippen LogP contribution >= 0.6 is 11.6 Å². The van der Waals surface area contributed by atoms with Gasteiger partial charge in [0.15, 0.2) is 0 Å². The second-order valence-electron chi connectivity index (χ2n) is 6.32. The van der Waals surface area contributed by atoms with Gasteiger partial charge in [-0.1, -0.05) is 23.7 Å². The molecule has 8 heteroatoms. The standard InChI is InChI=1S/C21H18ClFN2O3S/c1-15(26)24-19-7-11-21(12-8-19)29(27,28)25(20-9-5-17(22)6-10-20)14-16-3-2-4-18(23)13-16/h2-13H,14H2,1H3,(H,24,26). The highest BCUT2D eigenvalue weighted by Gasteiger charge is 2.25. The lowest BCUT2D eigenvalue weighted by Crippen LogP contribution is -2.30. The number of hydrogen-bond acceptors (Lipinski definition) is 3. The van der Waals surface area contributed by atoms with Gasteiger partial charge in [-0.15, -0.1) is 0 Å². The third-order valence-corrected chi connectivity index (χ3v) is 6.13. The molecule has 0 unspecified atom stereocenters. The normalized spacial score (nSPS) is 11.1. The van der Waals surface area contributed by atoms with Crippen LogP contribution < -0.4 is 9.62 Å². The summed E-state index contributed by atoms with van der Waals surface area (Å²) in [4.78, 5) is 11.2. The summed E-state index contributed by atoms with van der Waals surface area (Å²) in [6.45, 7) is 1.31. The Labute approximate surface area is 173 Å². The van der Waals surface area contributed by atoms with Crippen LogP contribution in [0, 0.1) is 5.82 Å². The van der Waals surface area contributed by atoms with Crippen molar-refractivity contribution in [2.24, 2.45) is 0 Å². The third-order valence-electron chi connectivity index (χ3n) is 4.09. The third kappa shape index (κ3) is 5.13. The van der Waals surface area contributed by atoms with Crippen LogP contribution in [-0.4, -0.2) is 14.3 Å². The average molecular weight is 433 g/mol. The zero-order valence-electron chi connectivity index (χ0n) is 15.5. The van der Waals surface area contributed by atoms with E-state index in [-0.39, 0.29) is 17.3 Å². The molecule has 29 heavy (non-hydrogen) atoms. The molecule has 1 amide bonds. The lowest BCUT2D eigenvalue weighted by Gasteiger charge is -2.25. The molecule has 0 aromatic heterocycles. The van der Waals surface area contributed by atoms with Crippen LogP contribution in [0.25, 0.3) is 0 Å². The summed E-state index contributed by atoms with van der Waals surface area (Å²) in [5.74, 6) is -0.704. The molecule has 0 radical (unpaired) electrons. The fourth-order valence-corrected chi connectivity index (χ4v) is 4.34. The predicted octanol–water partition coefficient (Wildman–Crippen LogP) is 4.83. The number of anilines is 2. The lowest BCUT2D eigenvalue weighted by molar-refractivity contribution is -0.114. The molecule has 3 aromatic carbocycles. The number of rotatable bonds is 6. The van der Waals surface area contributed by atoms with Gasteiger partial charge in [0.05, 0.1) is 17.1 Å². The Morgan fingerprint density at radius 1 is 1.03 bits per heavy atom. The number of carbonyl (C=O) groups is 1. The molecule has 0 fully saturated rings. The summed E-state index contributed by atoms with van der Waals surface area (Å²) in [6, 6.07) is 18.0. The Morgan fingerprint density at radius 2 is 1.69 bits per heavy atom. The van der Waals surface area contributed by atoms with E-state index < -0.39 is 15.8 Å². The zero-order valence-corrected chi connectivity index (χ0v) is 17.0. The summed E-state index contributed by atoms with van der Waals surface area (Å²) in [7, 11) is -3.97. The van der Waals surface area contributed by atoms with E-state index in [0.717, 1.165) is 0 Å². The van der Waals surface area contributed by atoms with E-state index in [0.29, 0.717) is 22.0 Å². The van der Waals surface area contributed by atoms with Crippen LogP contribution in [0.3, 0.4) is 0 Å². The molecule has 0 heterocycles. The first-order chi connectivity index (χ1) is 13.8. The van der Waals surface area contributed by atoms with Crippen molar-refractivity contribution < 1.29 is 17.6 Å². The molecule has 1 N–H and O–H groups in total. The van der Waals surface area contributed by atoms with Crippen molar-refractivity contribution in [1.29, 1.82) is 0 Å². The molecular formula is C21H18ClFN2O3S. The number of carbonyl (C=O) groups excluding carboxylic acids is 1. The van der Waals surface area contributed by atoms with Crippen molar-refractivity contribution in [3.63, 3.8) is 0 Å². The van der Waals surface area contributed by atoms with Gasteiger partial charge in [0.2, 0.25) is 5.91 Å². The summed E-state index contributed by atoms with van der Waals surface area (Å²) in [6.07, 6.45) is 0. The number of nitrogens with one attached hydrogen (secondary N) is 1. The van der Waals surface area contributed by atoms with Gasteiger partial charge >= 0.3 is 0 Å². The predicted molar refractivity (Wildman–Crippen MR) is 112 cm³/mol. The first-order valence-corrected chi connectivity index (χ1v) is 10.5. The van der Waals surface area contributed by atoms with Gasteiger partial charge in [0.25, 0.3) is 10.0 Å². The molecule has 5 nitrogen and oxygen atoms in total. The molecule has 0 atom stereocenters. The minimum Gasteiger partial charge on any atom is -0.326 e. The number of amides is 1. The maximum Gasteiger partial charge on any atom is 0.264 e. The van der Waals surface area contributed by atoms with E-state index in [1.54, 1.807) is 30.3 Å². The van der Waals surface area contributed by atoms with Crippen LogP contribution in [0.5, 0.6) is 0 Å². The van der Waals surface area contributed by atoms with Gasteiger partial charge in [-0.2, -0.15) is 0 Å². The van der Waals surface area contributed by atoms with E-state index >= 15 is 0 Å². The molecule has 0 aliphatic carbocycles. The number of halogens is 2. The SMILES string of the molecule is CC(=O)Nc1ccc(S(=O)(=O)N(Cc2cccc(F)c2)c2ccc(Cl)cc2)cc1. The fraction of sp³-hybridized carbons (Fsp3) is 0.0952. The van der Waals surface area contributed by atoms with Gasteiger partial charge in [-0.25, -0.2) is 12.8 Å². The first kappa shape index (κ1) is 20.8. The smallest absolute Gasteiger partial charge is 0.264 e. The topological polar surface area (TPSA) is 66.5 Å². The Balaban J connectivity index is 2.01. The number of sulfonamides is 1. The highest BCUT2D eigenvalue weighted by molar-refractivity contribution is 7.92. The van der Waals surface area contributed by atoms with Crippen molar-refractivity contribution in [3.05, 3.63) is 89.2 Å². The van der Waals surface area contributed by atoms with Crippen molar-refractivity contribution >= 4 is 38.9 Å². The molecular weight excluding hydrogens is 415 g/mol. The van der Waals surface area contributed by atoms with Crippen molar-refractivity contribution in [2.45, 2.75) is 18.4 Å². The maximum atomic E-state index is 13.6. The van der Waals surface area contributed by atoms with Gasteiger partial charge in [-0.05, 0) is 66.2 Å². The minimum atomic E-state index is -3.97. The average Bonchev–Trinajstić information content (AvgIpc) is 2.67. The van der Waals surface area contributed by atoms with Crippen LogP contribution in [0.4, 0.5) is 15.8 Å². The highest BCUT2D eigenvalue weighted by Crippen LogP contribution is 2.28. The molecule has 0 aliphatic rings. The first-order valence-electron chi connectivity index (χ1n) is 8.66. The Bertz CT molecular complexity index is 1120. The Hall–Kier alpha value is -2.90. The molecule has 3 rings (SSSR count). The van der Waals surface area contributed by atoms with Crippen LogP contribution in [0.1, 0.15) is 12.5 Å². The second kappa shape index (κ2) is 8.63. The van der Waals surface area contributed by atoms with Crippen LogP contribution in [0.2, 0.25) is 5.02 Å². The monoisotopic (exact) mass is 432 g/mol. The van der Waals surface area contributed by atoms with Gasteiger partial charge in [0, 0.05) is 17.6 Å². The van der Waals surface area contributed by atoms with Crippen LogP contribution in [0.15, 0.2) is 77.7 Å². The van der Waals surface area contributed by atoms with Gasteiger partial charge < -0.3 is 5.32 Å². The summed E-state index contributed by atoms with van der Waals surface area (Å²) in [5.41, 5.74) is 1.38. The quantitative estimate of drug-likeness (QED) is 0.606. The zero-order chi connectivity index (χ0) is 21.0. The van der Waals surface area contributed by atoms with Crippen LogP contribution in [-0.2, 0) is 21.4 Å². The molecule has 0 saturated carbocycles. The molecule has 150 valence electrons. The van der Waals surface area contributed by atoms with E-state index in [4.69, 9.17) is 11.6 Å². The molecule has 3 aromatic rings. The van der Waals surface area contributed by atoms with Crippen molar-refractivity contribution in [3.8, 4) is 0 Å². The van der Waals surface area contributed by atoms with E-state index in [9.17, 15) is 17.6 Å². The number of benzene rings is 3. The largest absolute Gasteiger partial charge is 0.326 e. The Morgan fingerprint density at radius 3 is 2.28 bits per heavy atom. The summed E-state index contributed by atoms with van der Waals surface area (Å²) in [5, 5.41) is 3.06. The van der Waals surface area contributed by atoms with E-state index in [2.05, 4.69) is 5.32 Å². The summed E-state index contributed by atoms with van der Waals surface area (Å²) < 4.78 is 41.5. The van der Waals surface area contributed by atoms with Gasteiger partial charge in [0.1, 0.15) is 5.82 Å². The summed E-state index contributed by atoms with van der Waals surface area (Å²) >= 11 is 5.94. The van der Waals surface area contributed by atoms with E-state index in [1.165, 1.54) is 53.7 Å². The minimum absolute atomic E-state index is 0.0398. The number of nitrogens with zero attached hydrogens (tertiary/aromatic N) is 1. The van der Waals surface area contributed by atoms with Crippen molar-refractivity contribution in [2.75, 3.05) is 9.62 Å². The molecule has 0 bridgehead atoms. The number of hydrogen-bond donors (Lipinski definition) is 1. The van der Waals surface area contributed by atoms with E-state index in [1.807, 2.05) is 0 Å². The lowest BCUT2D eigenvalue weighted by atomic mass is 10.2. The van der Waals surface area contributed by atoms with Crippen molar-refractivity contribution in [1.82, 2.24) is 0 Å².